The molecule has 2 aromatic heterocycles. The average molecular weight is 809 g/mol. The zero-order chi connectivity index (χ0) is 40.7. The first-order valence-corrected chi connectivity index (χ1v) is 16.1. The summed E-state index contributed by atoms with van der Waals surface area (Å²) >= 11 is 6.32. The number of carbonyl (C=O) groups excluding carboxylic acids is 3. The maximum absolute atomic E-state index is 14.2. The minimum Gasteiger partial charge on any atom is -0.478 e. The predicted octanol–water partition coefficient (Wildman–Crippen LogP) is 6.31. The van der Waals surface area contributed by atoms with Crippen molar-refractivity contribution in [3.05, 3.63) is 64.6 Å². The maximum Gasteiger partial charge on any atom is 0.510 e. The molecule has 2 heterocycles. The lowest BCUT2D eigenvalue weighted by molar-refractivity contribution is -0.292. The van der Waals surface area contributed by atoms with E-state index in [0.717, 1.165) is 23.4 Å². The topological polar surface area (TPSA) is 179 Å². The van der Waals surface area contributed by atoms with E-state index < -0.39 is 83.8 Å². The van der Waals surface area contributed by atoms with Crippen molar-refractivity contribution in [2.75, 3.05) is 6.73 Å². The highest BCUT2D eigenvalue weighted by Crippen LogP contribution is 2.49. The van der Waals surface area contributed by atoms with Gasteiger partial charge in [0.15, 0.2) is 18.2 Å². The van der Waals surface area contributed by atoms with Gasteiger partial charge in [0.05, 0.1) is 22.9 Å². The Kier molecular flexibility index (Phi) is 10.9. The van der Waals surface area contributed by atoms with Gasteiger partial charge in [0.25, 0.3) is 5.91 Å². The van der Waals surface area contributed by atoms with Gasteiger partial charge in [0, 0.05) is 31.0 Å². The van der Waals surface area contributed by atoms with Crippen LogP contribution in [0.2, 0.25) is 5.02 Å². The first-order chi connectivity index (χ1) is 25.6. The Labute approximate surface area is 308 Å². The average Bonchev–Trinajstić information content (AvgIpc) is 3.36. The van der Waals surface area contributed by atoms with Gasteiger partial charge in [0.1, 0.15) is 23.3 Å². The summed E-state index contributed by atoms with van der Waals surface area (Å²) in [5, 5.41) is 24.9. The summed E-state index contributed by atoms with van der Waals surface area (Å²) in [6.07, 6.45) is -11.1. The number of hydrogen-bond donors (Lipinski definition) is 1. The normalized spacial score (nSPS) is 18.1. The molecule has 55 heavy (non-hydrogen) atoms. The van der Waals surface area contributed by atoms with Crippen LogP contribution in [0.1, 0.15) is 53.7 Å². The van der Waals surface area contributed by atoms with Crippen molar-refractivity contribution in [1.29, 1.82) is 5.26 Å². The number of nitrogens with zero attached hydrogens (tertiary/aromatic N) is 6. The van der Waals surface area contributed by atoms with E-state index >= 15 is 0 Å². The van der Waals surface area contributed by atoms with Crippen LogP contribution in [0, 0.1) is 11.3 Å². The molecule has 0 spiro atoms. The largest absolute Gasteiger partial charge is 0.510 e. The van der Waals surface area contributed by atoms with Crippen LogP contribution < -0.4 is 0 Å². The Hall–Kier alpha value is -5.72. The van der Waals surface area contributed by atoms with Gasteiger partial charge >= 0.3 is 36.4 Å². The fraction of sp³-hybridized carbons (Fsp3) is 0.406. The summed E-state index contributed by atoms with van der Waals surface area (Å²) in [6.45, 7) is -0.839. The summed E-state index contributed by atoms with van der Waals surface area (Å²) < 4.78 is 126. The van der Waals surface area contributed by atoms with Crippen molar-refractivity contribution in [2.45, 2.75) is 68.1 Å². The minimum absolute atomic E-state index is 0.0395. The summed E-state index contributed by atoms with van der Waals surface area (Å²) in [6, 6.07) is 5.59. The highest BCUT2D eigenvalue weighted by atomic mass is 35.5. The number of esters is 1. The van der Waals surface area contributed by atoms with Crippen LogP contribution in [0.3, 0.4) is 0 Å². The lowest BCUT2D eigenvalue weighted by Crippen LogP contribution is -2.44. The first kappa shape index (κ1) is 40.5. The molecule has 14 nitrogen and oxygen atoms in total. The molecule has 0 aliphatic heterocycles. The van der Waals surface area contributed by atoms with E-state index in [1.807, 2.05) is 6.07 Å². The van der Waals surface area contributed by atoms with Gasteiger partial charge in [-0.05, 0) is 49.8 Å². The molecule has 2 fully saturated rings. The second kappa shape index (κ2) is 14.8. The number of halogens is 9. The summed E-state index contributed by atoms with van der Waals surface area (Å²) in [5.74, 6) is -10.6. The monoisotopic (exact) mass is 808 g/mol. The third-order valence-corrected chi connectivity index (χ3v) is 8.89. The van der Waals surface area contributed by atoms with Crippen LogP contribution in [-0.2, 0) is 42.9 Å². The van der Waals surface area contributed by atoms with Crippen molar-refractivity contribution in [3.8, 4) is 23.0 Å². The van der Waals surface area contributed by atoms with Crippen molar-refractivity contribution >= 4 is 35.6 Å². The highest BCUT2D eigenvalue weighted by Gasteiger charge is 2.64. The van der Waals surface area contributed by atoms with Gasteiger partial charge in [-0.15, -0.1) is 0 Å². The molecular weight excluding hydrogens is 784 g/mol. The third kappa shape index (κ3) is 8.35. The molecule has 0 saturated heterocycles. The lowest BCUT2D eigenvalue weighted by atomic mass is 10.0. The zero-order valence-electron chi connectivity index (χ0n) is 27.8. The molecule has 23 heteroatoms. The van der Waals surface area contributed by atoms with Crippen LogP contribution in [-0.4, -0.2) is 84.2 Å². The molecule has 1 N–H and O–H groups in total. The Balaban J connectivity index is 1.37. The van der Waals surface area contributed by atoms with Crippen LogP contribution in [0.4, 0.5) is 39.9 Å². The number of aliphatic carboxylic acids is 1. The van der Waals surface area contributed by atoms with Crippen LogP contribution in [0.25, 0.3) is 16.9 Å². The van der Waals surface area contributed by atoms with Crippen molar-refractivity contribution in [1.82, 2.24) is 24.5 Å². The number of carboxylic acids is 1. The molecule has 0 unspecified atom stereocenters. The SMILES string of the molecule is Cn1nc(C(F)(F)C(F)(F)F)c(C(F)(F)F)c1-n1cc(-c2ccc(Cl)c(C(=O)N(COC(=O)O[C@H]3CCC[C@@H]3OC(=O)/C=C/C(=O)O)C3(C#N)CC3)c2)cn1. The minimum atomic E-state index is -6.41. The summed E-state index contributed by atoms with van der Waals surface area (Å²) in [5.41, 5.74) is -6.76. The Morgan fingerprint density at radius 1 is 1.05 bits per heavy atom. The smallest absolute Gasteiger partial charge is 0.478 e. The number of nitriles is 1. The van der Waals surface area contributed by atoms with E-state index in [1.54, 1.807) is 0 Å². The number of ether oxygens (including phenoxy) is 3. The number of alkyl halides is 8. The van der Waals surface area contributed by atoms with Crippen LogP contribution >= 0.6 is 11.6 Å². The van der Waals surface area contributed by atoms with E-state index in [1.165, 1.54) is 12.1 Å². The number of aryl methyl sites for hydroxylation is 1. The van der Waals surface area contributed by atoms with Crippen molar-refractivity contribution in [3.63, 3.8) is 0 Å². The van der Waals surface area contributed by atoms with Crippen LogP contribution in [0.15, 0.2) is 42.7 Å². The maximum atomic E-state index is 14.2. The number of hydrogen-bond acceptors (Lipinski definition) is 10. The second-order valence-corrected chi connectivity index (χ2v) is 12.7. The van der Waals surface area contributed by atoms with Gasteiger partial charge in [0.2, 0.25) is 0 Å². The van der Waals surface area contributed by atoms with Gasteiger partial charge in [-0.1, -0.05) is 17.7 Å². The molecule has 294 valence electrons. The molecule has 2 aliphatic carbocycles. The molecule has 0 radical (unpaired) electrons. The van der Waals surface area contributed by atoms with E-state index in [0.29, 0.717) is 30.3 Å². The molecule has 2 saturated carbocycles. The number of carbonyl (C=O) groups is 4. The van der Waals surface area contributed by atoms with Gasteiger partial charge in [-0.3, -0.25) is 9.69 Å². The molecule has 3 aromatic rings. The first-order valence-electron chi connectivity index (χ1n) is 15.7. The lowest BCUT2D eigenvalue weighted by Gasteiger charge is -2.27. The quantitative estimate of drug-likeness (QED) is 0.0993. The van der Waals surface area contributed by atoms with E-state index in [4.69, 9.17) is 30.9 Å². The predicted molar refractivity (Wildman–Crippen MR) is 166 cm³/mol. The van der Waals surface area contributed by atoms with Crippen molar-refractivity contribution < 1.29 is 73.6 Å². The van der Waals surface area contributed by atoms with E-state index in [-0.39, 0.29) is 52.1 Å². The van der Waals surface area contributed by atoms with Gasteiger partial charge in [-0.25, -0.2) is 23.7 Å². The summed E-state index contributed by atoms with van der Waals surface area (Å²) in [4.78, 5) is 50.0. The van der Waals surface area contributed by atoms with E-state index in [2.05, 4.69) is 10.2 Å². The van der Waals surface area contributed by atoms with Gasteiger partial charge < -0.3 is 19.3 Å². The standard InChI is InChI=1S/C32H25ClF8N6O8/c1-45-26(24(31(36,37)38)25(44-45)30(34,35)32(39,40)41)47-13-17(12-43-47)16-5-6-19(33)18(11-16)27(51)46(29(14-42)9-10-29)15-53-28(52)55-21-4-2-3-20(21)54-23(50)8-7-22(48)49/h5-8,11-13,20-21H,2-4,9-10,15H2,1H3,(H,48,49)/b8-7+/t20-,21-/m0/s1. The Bertz CT molecular complexity index is 2090. The second-order valence-electron chi connectivity index (χ2n) is 12.2. The molecule has 1 aromatic carbocycles. The fourth-order valence-electron chi connectivity index (χ4n) is 5.70. The molecule has 0 bridgehead atoms. The molecule has 2 aliphatic rings. The molecule has 2 atom stereocenters. The van der Waals surface area contributed by atoms with Crippen LogP contribution in [0.5, 0.6) is 0 Å². The molecule has 1 amide bonds. The van der Waals surface area contributed by atoms with Gasteiger partial charge in [-0.2, -0.15) is 50.6 Å². The Morgan fingerprint density at radius 2 is 1.71 bits per heavy atom. The van der Waals surface area contributed by atoms with Crippen molar-refractivity contribution in [2.24, 2.45) is 7.05 Å². The molecular formula is C32H25ClF8N6O8. The number of aromatic nitrogens is 4. The highest BCUT2D eigenvalue weighted by molar-refractivity contribution is 6.34. The van der Waals surface area contributed by atoms with E-state index in [9.17, 15) is 59.6 Å². The summed E-state index contributed by atoms with van der Waals surface area (Å²) in [7, 11) is 0.708. The fourth-order valence-corrected chi connectivity index (χ4v) is 5.89. The zero-order valence-corrected chi connectivity index (χ0v) is 28.6. The number of benzene rings is 1. The number of carboxylic acid groups (broad SMARTS) is 1. The Morgan fingerprint density at radius 3 is 2.29 bits per heavy atom. The number of amides is 1. The third-order valence-electron chi connectivity index (χ3n) is 8.56. The molecule has 5 rings (SSSR count). The number of rotatable bonds is 11.